The van der Waals surface area contributed by atoms with Gasteiger partial charge in [0.25, 0.3) is 0 Å². The van der Waals surface area contributed by atoms with E-state index in [1.54, 1.807) is 17.7 Å². The SMILES string of the molecule is Cc1ncnc2c1ccn2[C@@H]1O[C@H]([C@](C)(O)c2ccc3c(c2)CC3)[C@@H](O)[C@H]1O. The first-order valence-corrected chi connectivity index (χ1v) is 9.52. The van der Waals surface area contributed by atoms with Gasteiger partial charge in [-0.25, -0.2) is 9.97 Å². The van der Waals surface area contributed by atoms with Crippen LogP contribution in [0.15, 0.2) is 36.8 Å². The molecule has 1 aliphatic carbocycles. The van der Waals surface area contributed by atoms with Gasteiger partial charge in [-0.15, -0.1) is 0 Å². The minimum atomic E-state index is -1.45. The molecule has 3 aromatic rings. The molecule has 3 heterocycles. The third kappa shape index (κ3) is 2.44. The van der Waals surface area contributed by atoms with Crippen LogP contribution in [0.2, 0.25) is 0 Å². The van der Waals surface area contributed by atoms with Crippen molar-refractivity contribution in [2.75, 3.05) is 0 Å². The number of fused-ring (bicyclic) bond motifs is 2. The molecular weight excluding hydrogens is 358 g/mol. The Balaban J connectivity index is 1.50. The number of rotatable bonds is 3. The van der Waals surface area contributed by atoms with Crippen molar-refractivity contribution in [3.63, 3.8) is 0 Å². The van der Waals surface area contributed by atoms with Crippen LogP contribution in [0.3, 0.4) is 0 Å². The number of benzene rings is 1. The van der Waals surface area contributed by atoms with E-state index in [1.165, 1.54) is 17.5 Å². The van der Waals surface area contributed by atoms with Gasteiger partial charge in [0.1, 0.15) is 35.9 Å². The monoisotopic (exact) mass is 381 g/mol. The molecule has 3 N–H and O–H groups in total. The van der Waals surface area contributed by atoms with E-state index < -0.39 is 30.1 Å². The van der Waals surface area contributed by atoms with E-state index in [9.17, 15) is 15.3 Å². The zero-order chi connectivity index (χ0) is 19.6. The van der Waals surface area contributed by atoms with Crippen molar-refractivity contribution < 1.29 is 20.1 Å². The summed E-state index contributed by atoms with van der Waals surface area (Å²) in [6, 6.07) is 7.71. The molecular formula is C21H23N3O4. The van der Waals surface area contributed by atoms with E-state index in [4.69, 9.17) is 4.74 Å². The molecule has 0 saturated carbocycles. The summed E-state index contributed by atoms with van der Waals surface area (Å²) in [5, 5.41) is 33.5. The summed E-state index contributed by atoms with van der Waals surface area (Å²) in [5.41, 5.74) is 3.17. The molecule has 28 heavy (non-hydrogen) atoms. The number of hydrogen-bond acceptors (Lipinski definition) is 6. The number of aliphatic hydroxyl groups is 3. The average molecular weight is 381 g/mol. The Kier molecular flexibility index (Phi) is 3.86. The highest BCUT2D eigenvalue weighted by molar-refractivity contribution is 5.78. The maximum absolute atomic E-state index is 11.3. The molecule has 1 saturated heterocycles. The average Bonchev–Trinajstić information content (AvgIpc) is 3.19. The van der Waals surface area contributed by atoms with Crippen LogP contribution in [0.25, 0.3) is 11.0 Å². The highest BCUT2D eigenvalue weighted by Crippen LogP contribution is 2.41. The van der Waals surface area contributed by atoms with Gasteiger partial charge in [-0.2, -0.15) is 0 Å². The molecule has 5 atom stereocenters. The van der Waals surface area contributed by atoms with Gasteiger partial charge in [0.05, 0.1) is 5.69 Å². The van der Waals surface area contributed by atoms with Gasteiger partial charge in [0, 0.05) is 11.6 Å². The van der Waals surface area contributed by atoms with E-state index >= 15 is 0 Å². The number of nitrogens with zero attached hydrogens (tertiary/aromatic N) is 3. The van der Waals surface area contributed by atoms with E-state index in [0.29, 0.717) is 11.2 Å². The molecule has 5 rings (SSSR count). The summed E-state index contributed by atoms with van der Waals surface area (Å²) in [5.74, 6) is 0. The van der Waals surface area contributed by atoms with Gasteiger partial charge < -0.3 is 24.6 Å². The molecule has 2 aliphatic rings. The first kappa shape index (κ1) is 17.8. The van der Waals surface area contributed by atoms with Crippen LogP contribution in [0.5, 0.6) is 0 Å². The summed E-state index contributed by atoms with van der Waals surface area (Å²) < 4.78 is 7.72. The fourth-order valence-corrected chi connectivity index (χ4v) is 4.33. The molecule has 1 aliphatic heterocycles. The molecule has 0 spiro atoms. The topological polar surface area (TPSA) is 101 Å². The smallest absolute Gasteiger partial charge is 0.164 e. The van der Waals surface area contributed by atoms with Crippen molar-refractivity contribution in [2.45, 2.75) is 56.8 Å². The van der Waals surface area contributed by atoms with Crippen molar-refractivity contribution in [1.29, 1.82) is 0 Å². The number of hydrogen-bond donors (Lipinski definition) is 3. The third-order valence-corrected chi connectivity index (χ3v) is 6.23. The fourth-order valence-electron chi connectivity index (χ4n) is 4.33. The normalized spacial score (nSPS) is 28.8. The zero-order valence-corrected chi connectivity index (χ0v) is 15.8. The molecule has 146 valence electrons. The Bertz CT molecular complexity index is 1060. The lowest BCUT2D eigenvalue weighted by molar-refractivity contribution is -0.135. The lowest BCUT2D eigenvalue weighted by Crippen LogP contribution is -2.45. The molecule has 0 unspecified atom stereocenters. The lowest BCUT2D eigenvalue weighted by atomic mass is 9.81. The Morgan fingerprint density at radius 2 is 1.89 bits per heavy atom. The first-order chi connectivity index (χ1) is 13.4. The van der Waals surface area contributed by atoms with E-state index in [2.05, 4.69) is 9.97 Å². The van der Waals surface area contributed by atoms with Crippen molar-refractivity contribution in [3.8, 4) is 0 Å². The van der Waals surface area contributed by atoms with Crippen LogP contribution in [-0.4, -0.2) is 48.2 Å². The second-order valence-electron chi connectivity index (χ2n) is 7.98. The van der Waals surface area contributed by atoms with Gasteiger partial charge in [-0.1, -0.05) is 18.2 Å². The molecule has 1 fully saturated rings. The van der Waals surface area contributed by atoms with Gasteiger partial charge in [-0.3, -0.25) is 0 Å². The minimum Gasteiger partial charge on any atom is -0.387 e. The summed E-state index contributed by atoms with van der Waals surface area (Å²) in [6.45, 7) is 3.50. The second kappa shape index (κ2) is 6.09. The van der Waals surface area contributed by atoms with Crippen molar-refractivity contribution >= 4 is 11.0 Å². The fraction of sp³-hybridized carbons (Fsp3) is 0.429. The Morgan fingerprint density at radius 3 is 2.61 bits per heavy atom. The van der Waals surface area contributed by atoms with Crippen LogP contribution in [0.1, 0.15) is 35.5 Å². The standard InChI is InChI=1S/C21H23N3O4/c1-11-15-7-8-24(19(15)23-10-22-11)20-17(26)16(25)18(28-20)21(2,27)14-6-5-12-3-4-13(12)9-14/h5-10,16-18,20,25-27H,3-4H2,1-2H3/t16-,17+,18-,20+,21+/m0/s1. The number of aromatic nitrogens is 3. The van der Waals surface area contributed by atoms with E-state index in [0.717, 1.165) is 23.9 Å². The lowest BCUT2D eigenvalue weighted by Gasteiger charge is -2.33. The van der Waals surface area contributed by atoms with Gasteiger partial charge in [0.15, 0.2) is 6.23 Å². The van der Waals surface area contributed by atoms with Crippen LogP contribution in [0.4, 0.5) is 0 Å². The molecule has 0 bridgehead atoms. The van der Waals surface area contributed by atoms with Gasteiger partial charge in [-0.05, 0) is 49.4 Å². The van der Waals surface area contributed by atoms with Gasteiger partial charge in [0.2, 0.25) is 0 Å². The maximum Gasteiger partial charge on any atom is 0.164 e. The largest absolute Gasteiger partial charge is 0.387 e. The molecule has 2 aromatic heterocycles. The number of aryl methyl sites for hydroxylation is 3. The summed E-state index contributed by atoms with van der Waals surface area (Å²) in [4.78, 5) is 8.48. The van der Waals surface area contributed by atoms with Crippen LogP contribution in [-0.2, 0) is 23.2 Å². The van der Waals surface area contributed by atoms with Gasteiger partial charge >= 0.3 is 0 Å². The van der Waals surface area contributed by atoms with Crippen molar-refractivity contribution in [3.05, 3.63) is 59.2 Å². The van der Waals surface area contributed by atoms with Crippen molar-refractivity contribution in [1.82, 2.24) is 14.5 Å². The predicted molar refractivity (Wildman–Crippen MR) is 102 cm³/mol. The summed E-state index contributed by atoms with van der Waals surface area (Å²) >= 11 is 0. The molecule has 7 nitrogen and oxygen atoms in total. The Labute approximate surface area is 162 Å². The number of aliphatic hydroxyl groups excluding tert-OH is 2. The third-order valence-electron chi connectivity index (χ3n) is 6.23. The van der Waals surface area contributed by atoms with E-state index in [1.807, 2.05) is 31.2 Å². The maximum atomic E-state index is 11.3. The molecule has 7 heteroatoms. The minimum absolute atomic E-state index is 0.616. The second-order valence-corrected chi connectivity index (χ2v) is 7.98. The molecule has 1 aromatic carbocycles. The Hall–Kier alpha value is -2.32. The van der Waals surface area contributed by atoms with Crippen LogP contribution >= 0.6 is 0 Å². The number of ether oxygens (including phenoxy) is 1. The van der Waals surface area contributed by atoms with E-state index in [-0.39, 0.29) is 0 Å². The predicted octanol–water partition coefficient (Wildman–Crippen LogP) is 1.37. The van der Waals surface area contributed by atoms with Crippen LogP contribution < -0.4 is 0 Å². The first-order valence-electron chi connectivity index (χ1n) is 9.52. The molecule has 0 amide bonds. The van der Waals surface area contributed by atoms with Crippen LogP contribution in [0, 0.1) is 6.92 Å². The quantitative estimate of drug-likeness (QED) is 0.634. The molecule has 0 radical (unpaired) electrons. The van der Waals surface area contributed by atoms with Crippen molar-refractivity contribution in [2.24, 2.45) is 0 Å². The summed E-state index contributed by atoms with van der Waals surface area (Å²) in [6.07, 6.45) is 0.989. The zero-order valence-electron chi connectivity index (χ0n) is 15.8. The highest BCUT2D eigenvalue weighted by Gasteiger charge is 2.52. The Morgan fingerprint density at radius 1 is 1.11 bits per heavy atom. The summed E-state index contributed by atoms with van der Waals surface area (Å²) in [7, 11) is 0. The highest BCUT2D eigenvalue weighted by atomic mass is 16.6.